The van der Waals surface area contributed by atoms with Crippen molar-refractivity contribution in [2.75, 3.05) is 20.7 Å². The zero-order chi connectivity index (χ0) is 7.56. The number of amides is 1. The van der Waals surface area contributed by atoms with E-state index in [4.69, 9.17) is 4.74 Å². The summed E-state index contributed by atoms with van der Waals surface area (Å²) in [7, 11) is 3.51. The van der Waals surface area contributed by atoms with Gasteiger partial charge in [-0.15, -0.1) is 0 Å². The van der Waals surface area contributed by atoms with E-state index in [9.17, 15) is 4.79 Å². The van der Waals surface area contributed by atoms with Crippen LogP contribution in [0.15, 0.2) is 0 Å². The molecule has 0 saturated carbocycles. The lowest BCUT2D eigenvalue weighted by Crippen LogP contribution is -2.32. The number of carbonyl (C=O) groups is 1. The summed E-state index contributed by atoms with van der Waals surface area (Å²) in [4.78, 5) is 12.7. The van der Waals surface area contributed by atoms with Crippen molar-refractivity contribution in [2.24, 2.45) is 0 Å². The Morgan fingerprint density at radius 2 is 2.30 bits per heavy atom. The quantitative estimate of drug-likeness (QED) is 0.526. The molecule has 3 heteroatoms. The van der Waals surface area contributed by atoms with Crippen LogP contribution in [-0.2, 0) is 9.53 Å². The van der Waals surface area contributed by atoms with E-state index in [1.807, 2.05) is 0 Å². The maximum absolute atomic E-state index is 11.1. The lowest BCUT2D eigenvalue weighted by Gasteiger charge is -2.14. The highest BCUT2D eigenvalue weighted by atomic mass is 16.5. The molecule has 0 aromatic carbocycles. The van der Waals surface area contributed by atoms with Gasteiger partial charge in [0.1, 0.15) is 6.10 Å². The molecule has 0 N–H and O–H groups in total. The van der Waals surface area contributed by atoms with Crippen LogP contribution in [0, 0.1) is 0 Å². The minimum absolute atomic E-state index is 0.0949. The van der Waals surface area contributed by atoms with Gasteiger partial charge in [-0.1, -0.05) is 0 Å². The zero-order valence-electron chi connectivity index (χ0n) is 6.46. The van der Waals surface area contributed by atoms with Crippen molar-refractivity contribution in [1.82, 2.24) is 4.90 Å². The molecule has 0 aromatic rings. The highest BCUT2D eigenvalue weighted by Gasteiger charge is 2.24. The van der Waals surface area contributed by atoms with Crippen LogP contribution in [0.4, 0.5) is 0 Å². The molecule has 3 nitrogen and oxygen atoms in total. The third-order valence-electron chi connectivity index (χ3n) is 1.65. The Balaban J connectivity index is 2.40. The van der Waals surface area contributed by atoms with Crippen LogP contribution >= 0.6 is 0 Å². The fourth-order valence-electron chi connectivity index (χ4n) is 1.06. The second-order valence-electron chi connectivity index (χ2n) is 2.73. The topological polar surface area (TPSA) is 29.5 Å². The molecule has 10 heavy (non-hydrogen) atoms. The van der Waals surface area contributed by atoms with E-state index in [0.717, 1.165) is 19.4 Å². The number of hydrogen-bond donors (Lipinski definition) is 0. The summed E-state index contributed by atoms with van der Waals surface area (Å²) < 4.78 is 5.18. The predicted molar refractivity (Wildman–Crippen MR) is 37.7 cm³/mol. The summed E-state index contributed by atoms with van der Waals surface area (Å²) >= 11 is 0. The molecule has 0 aromatic heterocycles. The molecule has 1 rings (SSSR count). The van der Waals surface area contributed by atoms with Crippen molar-refractivity contribution in [1.29, 1.82) is 0 Å². The molecule has 1 amide bonds. The van der Waals surface area contributed by atoms with Gasteiger partial charge in [-0.25, -0.2) is 0 Å². The van der Waals surface area contributed by atoms with Crippen LogP contribution in [0.3, 0.4) is 0 Å². The van der Waals surface area contributed by atoms with E-state index < -0.39 is 0 Å². The van der Waals surface area contributed by atoms with Gasteiger partial charge in [0, 0.05) is 20.7 Å². The van der Waals surface area contributed by atoms with E-state index in [1.165, 1.54) is 0 Å². The fourth-order valence-corrected chi connectivity index (χ4v) is 1.06. The Labute approximate surface area is 61.0 Å². The van der Waals surface area contributed by atoms with Crippen molar-refractivity contribution in [3.8, 4) is 0 Å². The lowest BCUT2D eigenvalue weighted by molar-refractivity contribution is -0.138. The van der Waals surface area contributed by atoms with E-state index in [2.05, 4.69) is 0 Å². The summed E-state index contributed by atoms with van der Waals surface area (Å²) in [5, 5.41) is 0. The minimum Gasteiger partial charge on any atom is -0.368 e. The predicted octanol–water partition coefficient (Wildman–Crippen LogP) is 0.254. The standard InChI is InChI=1S/C7H13NO2/c1-8(2)7(9)6-4-3-5-10-6/h6H,3-5H2,1-2H3/t6-/m1/s1. The van der Waals surface area contributed by atoms with Gasteiger partial charge in [-0.05, 0) is 12.8 Å². The van der Waals surface area contributed by atoms with E-state index >= 15 is 0 Å². The van der Waals surface area contributed by atoms with Gasteiger partial charge in [0.2, 0.25) is 0 Å². The van der Waals surface area contributed by atoms with Gasteiger partial charge >= 0.3 is 0 Å². The third-order valence-corrected chi connectivity index (χ3v) is 1.65. The Hall–Kier alpha value is -0.570. The number of nitrogens with zero attached hydrogens (tertiary/aromatic N) is 1. The Morgan fingerprint density at radius 1 is 1.60 bits per heavy atom. The van der Waals surface area contributed by atoms with Crippen LogP contribution in [0.5, 0.6) is 0 Å². The smallest absolute Gasteiger partial charge is 0.251 e. The molecule has 0 aliphatic carbocycles. The summed E-state index contributed by atoms with van der Waals surface area (Å²) in [6.45, 7) is 0.740. The summed E-state index contributed by atoms with van der Waals surface area (Å²) in [6.07, 6.45) is 1.75. The van der Waals surface area contributed by atoms with Gasteiger partial charge in [0.15, 0.2) is 0 Å². The first kappa shape index (κ1) is 7.54. The Kier molecular flexibility index (Phi) is 2.27. The molecule has 0 unspecified atom stereocenters. The first-order valence-corrected chi connectivity index (χ1v) is 3.54. The van der Waals surface area contributed by atoms with Crippen LogP contribution in [-0.4, -0.2) is 37.6 Å². The molecular formula is C7H13NO2. The molecule has 1 aliphatic heterocycles. The third kappa shape index (κ3) is 1.48. The van der Waals surface area contributed by atoms with Gasteiger partial charge in [0.05, 0.1) is 0 Å². The number of hydrogen-bond acceptors (Lipinski definition) is 2. The SMILES string of the molecule is CN(C)C(=O)[C@H]1CCCO1. The van der Waals surface area contributed by atoms with Crippen LogP contribution in [0.25, 0.3) is 0 Å². The van der Waals surface area contributed by atoms with Crippen molar-refractivity contribution in [3.05, 3.63) is 0 Å². The van der Waals surface area contributed by atoms with Gasteiger partial charge < -0.3 is 9.64 Å². The van der Waals surface area contributed by atoms with Gasteiger partial charge in [0.25, 0.3) is 5.91 Å². The molecule has 0 bridgehead atoms. The van der Waals surface area contributed by atoms with Crippen molar-refractivity contribution in [2.45, 2.75) is 18.9 Å². The molecule has 0 radical (unpaired) electrons. The Bertz CT molecular complexity index is 128. The first-order chi connectivity index (χ1) is 4.72. The van der Waals surface area contributed by atoms with E-state index in [1.54, 1.807) is 19.0 Å². The highest BCUT2D eigenvalue weighted by molar-refractivity contribution is 5.80. The molecule has 1 fully saturated rings. The zero-order valence-corrected chi connectivity index (χ0v) is 6.46. The molecule has 58 valence electrons. The van der Waals surface area contributed by atoms with Crippen molar-refractivity contribution in [3.63, 3.8) is 0 Å². The van der Waals surface area contributed by atoms with Gasteiger partial charge in [-0.2, -0.15) is 0 Å². The first-order valence-electron chi connectivity index (χ1n) is 3.54. The Morgan fingerprint density at radius 3 is 2.70 bits per heavy atom. The number of carbonyl (C=O) groups excluding carboxylic acids is 1. The fraction of sp³-hybridized carbons (Fsp3) is 0.857. The monoisotopic (exact) mass is 143 g/mol. The number of rotatable bonds is 1. The molecule has 1 aliphatic rings. The second kappa shape index (κ2) is 3.01. The van der Waals surface area contributed by atoms with Crippen LogP contribution in [0.2, 0.25) is 0 Å². The number of ether oxygens (including phenoxy) is 1. The summed E-state index contributed by atoms with van der Waals surface area (Å²) in [6, 6.07) is 0. The minimum atomic E-state index is -0.157. The average Bonchev–Trinajstić information content (AvgIpc) is 2.36. The lowest BCUT2D eigenvalue weighted by atomic mass is 10.2. The molecule has 1 atom stereocenters. The largest absolute Gasteiger partial charge is 0.368 e. The van der Waals surface area contributed by atoms with E-state index in [0.29, 0.717) is 0 Å². The van der Waals surface area contributed by atoms with Crippen LogP contribution in [0.1, 0.15) is 12.8 Å². The normalized spacial score (nSPS) is 24.8. The molecular weight excluding hydrogens is 130 g/mol. The summed E-state index contributed by atoms with van der Waals surface area (Å²) in [5.41, 5.74) is 0. The molecule has 1 heterocycles. The van der Waals surface area contributed by atoms with Crippen LogP contribution < -0.4 is 0 Å². The maximum atomic E-state index is 11.1. The van der Waals surface area contributed by atoms with Crippen molar-refractivity contribution < 1.29 is 9.53 Å². The van der Waals surface area contributed by atoms with E-state index in [-0.39, 0.29) is 12.0 Å². The highest BCUT2D eigenvalue weighted by Crippen LogP contribution is 2.12. The average molecular weight is 143 g/mol. The van der Waals surface area contributed by atoms with Crippen molar-refractivity contribution >= 4 is 5.91 Å². The molecule has 0 spiro atoms. The molecule has 1 saturated heterocycles. The maximum Gasteiger partial charge on any atom is 0.251 e. The number of likely N-dealkylation sites (N-methyl/N-ethyl adjacent to an activating group) is 1. The van der Waals surface area contributed by atoms with Gasteiger partial charge in [-0.3, -0.25) is 4.79 Å². The second-order valence-corrected chi connectivity index (χ2v) is 2.73. The summed E-state index contributed by atoms with van der Waals surface area (Å²) in [5.74, 6) is 0.0949.